The van der Waals surface area contributed by atoms with Gasteiger partial charge in [-0.3, -0.25) is 0 Å². The minimum absolute atomic E-state index is 0.0298. The average molecular weight is 202 g/mol. The van der Waals surface area contributed by atoms with Crippen LogP contribution in [0.2, 0.25) is 0 Å². The van der Waals surface area contributed by atoms with Crippen LogP contribution in [-0.2, 0) is 16.3 Å². The van der Waals surface area contributed by atoms with E-state index in [-0.39, 0.29) is 4.90 Å². The van der Waals surface area contributed by atoms with Crippen molar-refractivity contribution < 1.29 is 12.8 Å². The van der Waals surface area contributed by atoms with Crippen molar-refractivity contribution in [2.75, 3.05) is 6.26 Å². The molecule has 0 heterocycles. The van der Waals surface area contributed by atoms with E-state index < -0.39 is 15.7 Å². The molecule has 0 amide bonds. The van der Waals surface area contributed by atoms with Gasteiger partial charge in [-0.2, -0.15) is 0 Å². The summed E-state index contributed by atoms with van der Waals surface area (Å²) >= 11 is 0. The maximum absolute atomic E-state index is 13.1. The second kappa shape index (κ2) is 3.46. The summed E-state index contributed by atoms with van der Waals surface area (Å²) < 4.78 is 35.2. The lowest BCUT2D eigenvalue weighted by molar-refractivity contribution is 0.591. The van der Waals surface area contributed by atoms with Gasteiger partial charge >= 0.3 is 0 Å². The molecule has 0 unspecified atom stereocenters. The first kappa shape index (κ1) is 10.2. The lowest BCUT2D eigenvalue weighted by Crippen LogP contribution is -1.99. The number of rotatable bonds is 2. The number of hydrogen-bond donors (Lipinski definition) is 0. The van der Waals surface area contributed by atoms with Gasteiger partial charge in [0.05, 0.1) is 4.90 Å². The number of aryl methyl sites for hydroxylation is 1. The van der Waals surface area contributed by atoms with Crippen LogP contribution in [0.1, 0.15) is 12.5 Å². The molecule has 72 valence electrons. The topological polar surface area (TPSA) is 34.1 Å². The van der Waals surface area contributed by atoms with Gasteiger partial charge in [0, 0.05) is 6.26 Å². The molecule has 0 fully saturated rings. The van der Waals surface area contributed by atoms with Gasteiger partial charge in [-0.05, 0) is 24.1 Å². The van der Waals surface area contributed by atoms with Crippen molar-refractivity contribution in [3.8, 4) is 0 Å². The molecule has 1 aromatic carbocycles. The van der Waals surface area contributed by atoms with Crippen molar-refractivity contribution in [3.05, 3.63) is 29.6 Å². The van der Waals surface area contributed by atoms with E-state index in [1.54, 1.807) is 0 Å². The molecular formula is C9H11FO2S. The SMILES string of the molecule is CCc1ccc(S(C)(=O)=O)cc1F. The summed E-state index contributed by atoms with van der Waals surface area (Å²) in [7, 11) is -3.29. The maximum Gasteiger partial charge on any atom is 0.175 e. The monoisotopic (exact) mass is 202 g/mol. The third-order valence-electron chi connectivity index (χ3n) is 1.83. The molecule has 13 heavy (non-hydrogen) atoms. The highest BCUT2D eigenvalue weighted by atomic mass is 32.2. The number of benzene rings is 1. The number of sulfone groups is 1. The summed E-state index contributed by atoms with van der Waals surface area (Å²) in [4.78, 5) is 0.0298. The molecule has 0 atom stereocenters. The molecule has 0 saturated carbocycles. The summed E-state index contributed by atoms with van der Waals surface area (Å²) in [6.07, 6.45) is 1.63. The predicted octanol–water partition coefficient (Wildman–Crippen LogP) is 1.79. The van der Waals surface area contributed by atoms with E-state index in [0.717, 1.165) is 12.3 Å². The van der Waals surface area contributed by atoms with Crippen molar-refractivity contribution in [1.82, 2.24) is 0 Å². The molecule has 0 aliphatic heterocycles. The van der Waals surface area contributed by atoms with Gasteiger partial charge in [-0.15, -0.1) is 0 Å². The molecule has 0 aromatic heterocycles. The van der Waals surface area contributed by atoms with E-state index in [0.29, 0.717) is 12.0 Å². The van der Waals surface area contributed by atoms with Crippen LogP contribution in [0.4, 0.5) is 4.39 Å². The molecule has 4 heteroatoms. The highest BCUT2D eigenvalue weighted by Gasteiger charge is 2.09. The fourth-order valence-electron chi connectivity index (χ4n) is 1.05. The van der Waals surface area contributed by atoms with Gasteiger partial charge in [-0.25, -0.2) is 12.8 Å². The largest absolute Gasteiger partial charge is 0.224 e. The first-order valence-electron chi connectivity index (χ1n) is 3.93. The van der Waals surface area contributed by atoms with Crippen molar-refractivity contribution in [1.29, 1.82) is 0 Å². The van der Waals surface area contributed by atoms with E-state index >= 15 is 0 Å². The van der Waals surface area contributed by atoms with Crippen LogP contribution in [0, 0.1) is 5.82 Å². The normalized spacial score (nSPS) is 11.6. The Bertz CT molecular complexity index is 410. The van der Waals surface area contributed by atoms with E-state index in [9.17, 15) is 12.8 Å². The Morgan fingerprint density at radius 1 is 1.38 bits per heavy atom. The molecule has 0 spiro atoms. The zero-order valence-electron chi connectivity index (χ0n) is 7.54. The molecule has 0 saturated heterocycles. The van der Waals surface area contributed by atoms with Crippen LogP contribution in [0.5, 0.6) is 0 Å². The van der Waals surface area contributed by atoms with Gasteiger partial charge in [0.25, 0.3) is 0 Å². The first-order chi connectivity index (χ1) is 5.95. The van der Waals surface area contributed by atoms with Crippen molar-refractivity contribution in [2.24, 2.45) is 0 Å². The fraction of sp³-hybridized carbons (Fsp3) is 0.333. The van der Waals surface area contributed by atoms with Gasteiger partial charge < -0.3 is 0 Å². The smallest absolute Gasteiger partial charge is 0.175 e. The summed E-state index contributed by atoms with van der Waals surface area (Å²) in [5, 5.41) is 0. The molecule has 0 bridgehead atoms. The second-order valence-corrected chi connectivity index (χ2v) is 4.89. The first-order valence-corrected chi connectivity index (χ1v) is 5.82. The molecule has 0 radical (unpaired) electrons. The third-order valence-corrected chi connectivity index (χ3v) is 2.94. The Morgan fingerprint density at radius 3 is 2.38 bits per heavy atom. The number of halogens is 1. The molecule has 1 rings (SSSR count). The van der Waals surface area contributed by atoms with Crippen LogP contribution >= 0.6 is 0 Å². The van der Waals surface area contributed by atoms with Crippen LogP contribution in [-0.4, -0.2) is 14.7 Å². The van der Waals surface area contributed by atoms with Crippen molar-refractivity contribution in [2.45, 2.75) is 18.2 Å². The van der Waals surface area contributed by atoms with Crippen LogP contribution in [0.3, 0.4) is 0 Å². The summed E-state index contributed by atoms with van der Waals surface area (Å²) in [6.45, 7) is 1.82. The highest BCUT2D eigenvalue weighted by Crippen LogP contribution is 2.14. The minimum atomic E-state index is -3.29. The Hall–Kier alpha value is -0.900. The number of hydrogen-bond acceptors (Lipinski definition) is 2. The van der Waals surface area contributed by atoms with E-state index in [2.05, 4.69) is 0 Å². The Balaban J connectivity index is 3.26. The molecule has 0 N–H and O–H groups in total. The Labute approximate surface area is 77.3 Å². The fourth-order valence-corrected chi connectivity index (χ4v) is 1.68. The lowest BCUT2D eigenvalue weighted by Gasteiger charge is -2.01. The van der Waals surface area contributed by atoms with E-state index in [1.165, 1.54) is 12.1 Å². The summed E-state index contributed by atoms with van der Waals surface area (Å²) in [5.74, 6) is -0.453. The van der Waals surface area contributed by atoms with Gasteiger partial charge in [0.15, 0.2) is 9.84 Å². The molecular weight excluding hydrogens is 191 g/mol. The Kier molecular flexibility index (Phi) is 2.71. The molecule has 0 aliphatic carbocycles. The van der Waals surface area contributed by atoms with E-state index in [1.807, 2.05) is 6.92 Å². The average Bonchev–Trinajstić information content (AvgIpc) is 2.02. The molecule has 0 aliphatic rings. The van der Waals surface area contributed by atoms with Crippen molar-refractivity contribution >= 4 is 9.84 Å². The van der Waals surface area contributed by atoms with Gasteiger partial charge in [-0.1, -0.05) is 13.0 Å². The van der Waals surface area contributed by atoms with Crippen LogP contribution in [0.15, 0.2) is 23.1 Å². The van der Waals surface area contributed by atoms with Gasteiger partial charge in [0.2, 0.25) is 0 Å². The van der Waals surface area contributed by atoms with Crippen molar-refractivity contribution in [3.63, 3.8) is 0 Å². The maximum atomic E-state index is 13.1. The van der Waals surface area contributed by atoms with Gasteiger partial charge in [0.1, 0.15) is 5.82 Å². The zero-order chi connectivity index (χ0) is 10.1. The lowest BCUT2D eigenvalue weighted by atomic mass is 10.2. The van der Waals surface area contributed by atoms with Crippen LogP contribution in [0.25, 0.3) is 0 Å². The Morgan fingerprint density at radius 2 is 2.00 bits per heavy atom. The summed E-state index contributed by atoms with van der Waals surface area (Å²) in [5.41, 5.74) is 0.535. The predicted molar refractivity (Wildman–Crippen MR) is 48.9 cm³/mol. The quantitative estimate of drug-likeness (QED) is 0.732. The zero-order valence-corrected chi connectivity index (χ0v) is 8.36. The third kappa shape index (κ3) is 2.28. The van der Waals surface area contributed by atoms with Crippen LogP contribution < -0.4 is 0 Å². The summed E-state index contributed by atoms with van der Waals surface area (Å²) in [6, 6.07) is 4.00. The molecule has 2 nitrogen and oxygen atoms in total. The molecule has 1 aromatic rings. The highest BCUT2D eigenvalue weighted by molar-refractivity contribution is 7.90. The second-order valence-electron chi connectivity index (χ2n) is 2.88. The standard InChI is InChI=1S/C9H11FO2S/c1-3-7-4-5-8(6-9(7)10)13(2,11)12/h4-6H,3H2,1-2H3. The van der Waals surface area contributed by atoms with E-state index in [4.69, 9.17) is 0 Å². The minimum Gasteiger partial charge on any atom is -0.224 e.